The number of rotatable bonds is 6. The number of anilines is 1. The molecule has 0 saturated heterocycles. The van der Waals surface area contributed by atoms with Crippen LogP contribution in [0.3, 0.4) is 0 Å². The first kappa shape index (κ1) is 21.6. The predicted molar refractivity (Wildman–Crippen MR) is 124 cm³/mol. The van der Waals surface area contributed by atoms with Crippen molar-refractivity contribution in [2.45, 2.75) is 46.1 Å². The molecule has 0 unspecified atom stereocenters. The second-order valence-corrected chi connectivity index (χ2v) is 8.66. The lowest BCUT2D eigenvalue weighted by Gasteiger charge is -2.10. The molecule has 2 aromatic carbocycles. The first-order chi connectivity index (χ1) is 15.3. The zero-order chi connectivity index (χ0) is 22.8. The molecule has 1 saturated carbocycles. The number of nitrogens with one attached hydrogen (secondary N) is 2. The maximum Gasteiger partial charge on any atom is 0.342 e. The molecule has 1 heterocycles. The van der Waals surface area contributed by atoms with Crippen LogP contribution in [0.25, 0.3) is 11.3 Å². The van der Waals surface area contributed by atoms with E-state index in [1.807, 2.05) is 51.1 Å². The van der Waals surface area contributed by atoms with Gasteiger partial charge < -0.3 is 15.7 Å². The summed E-state index contributed by atoms with van der Waals surface area (Å²) in [6.45, 7) is 6.05. The third-order valence-electron chi connectivity index (χ3n) is 5.52. The van der Waals surface area contributed by atoms with Gasteiger partial charge >= 0.3 is 6.03 Å². The molecule has 1 fully saturated rings. The molecule has 3 N–H and O–H groups in total. The van der Waals surface area contributed by atoms with Crippen LogP contribution < -0.4 is 10.6 Å². The predicted octanol–water partition coefficient (Wildman–Crippen LogP) is 4.79. The van der Waals surface area contributed by atoms with Crippen molar-refractivity contribution >= 4 is 17.6 Å². The Morgan fingerprint density at radius 3 is 2.62 bits per heavy atom. The summed E-state index contributed by atoms with van der Waals surface area (Å²) in [7, 11) is 0. The van der Waals surface area contributed by atoms with Crippen LogP contribution >= 0.6 is 0 Å². The largest absolute Gasteiger partial charge is 0.507 e. The molecule has 32 heavy (non-hydrogen) atoms. The van der Waals surface area contributed by atoms with Crippen molar-refractivity contribution in [1.29, 1.82) is 0 Å². The molecule has 0 spiro atoms. The summed E-state index contributed by atoms with van der Waals surface area (Å²) in [6, 6.07) is 14.4. The Bertz CT molecular complexity index is 1160. The van der Waals surface area contributed by atoms with Crippen LogP contribution in [-0.2, 0) is 11.3 Å². The molecule has 7 heteroatoms. The van der Waals surface area contributed by atoms with Crippen LogP contribution in [0.4, 0.5) is 10.5 Å². The van der Waals surface area contributed by atoms with Gasteiger partial charge in [-0.05, 0) is 49.6 Å². The van der Waals surface area contributed by atoms with Gasteiger partial charge in [0.25, 0.3) is 0 Å². The van der Waals surface area contributed by atoms with Gasteiger partial charge in [-0.25, -0.2) is 4.79 Å². The number of aromatic nitrogens is 2. The average molecular weight is 433 g/mol. The monoisotopic (exact) mass is 432 g/mol. The minimum absolute atomic E-state index is 0.0414. The lowest BCUT2D eigenvalue weighted by Crippen LogP contribution is -2.30. The standard InChI is InChI=1S/C25H28N4O3/c1-15(2)24(31)27-19-9-10-23(30)20(12-19)21-13-22(18-7-8-18)29(28-21)25(32)26-14-17-6-4-5-16(3)11-17/h4-6,9-13,15,18,30H,7-8,14H2,1-3H3,(H,26,32)(H,27,31). The quantitative estimate of drug-likeness (QED) is 0.488. The number of hydrogen-bond acceptors (Lipinski definition) is 4. The Balaban J connectivity index is 1.59. The highest BCUT2D eigenvalue weighted by molar-refractivity contribution is 5.93. The minimum atomic E-state index is -0.302. The Kier molecular flexibility index (Phi) is 5.99. The Labute approximate surface area is 187 Å². The van der Waals surface area contributed by atoms with Crippen LogP contribution in [0.1, 0.15) is 49.4 Å². The average Bonchev–Trinajstić information content (AvgIpc) is 3.51. The van der Waals surface area contributed by atoms with Gasteiger partial charge in [0.05, 0.1) is 11.4 Å². The normalized spacial score (nSPS) is 13.2. The summed E-state index contributed by atoms with van der Waals surface area (Å²) in [6.07, 6.45) is 2.01. The zero-order valence-electron chi connectivity index (χ0n) is 18.6. The highest BCUT2D eigenvalue weighted by atomic mass is 16.3. The zero-order valence-corrected chi connectivity index (χ0v) is 18.6. The van der Waals surface area contributed by atoms with Crippen molar-refractivity contribution in [2.75, 3.05) is 5.32 Å². The second-order valence-electron chi connectivity index (χ2n) is 8.66. The summed E-state index contributed by atoms with van der Waals surface area (Å²) in [5, 5.41) is 20.7. The number of phenols is 1. The number of aromatic hydroxyl groups is 1. The number of nitrogens with zero attached hydrogens (tertiary/aromatic N) is 2. The van der Waals surface area contributed by atoms with Gasteiger partial charge in [-0.15, -0.1) is 0 Å². The summed E-state index contributed by atoms with van der Waals surface area (Å²) in [4.78, 5) is 25.0. The number of benzene rings is 2. The van der Waals surface area contributed by atoms with Gasteiger partial charge in [-0.3, -0.25) is 4.79 Å². The van der Waals surface area contributed by atoms with E-state index < -0.39 is 0 Å². The smallest absolute Gasteiger partial charge is 0.342 e. The van der Waals surface area contributed by atoms with E-state index in [0.717, 1.165) is 29.7 Å². The molecule has 1 aliphatic rings. The highest BCUT2D eigenvalue weighted by Crippen LogP contribution is 2.42. The van der Waals surface area contributed by atoms with Crippen molar-refractivity contribution in [3.05, 3.63) is 65.4 Å². The maximum atomic E-state index is 12.9. The molecule has 0 atom stereocenters. The van der Waals surface area contributed by atoms with Gasteiger partial charge in [0, 0.05) is 29.6 Å². The topological polar surface area (TPSA) is 96.3 Å². The molecule has 0 aliphatic heterocycles. The molecular weight excluding hydrogens is 404 g/mol. The number of phenolic OH excluding ortho intramolecular Hbond substituents is 1. The van der Waals surface area contributed by atoms with Gasteiger partial charge in [-0.2, -0.15) is 9.78 Å². The highest BCUT2D eigenvalue weighted by Gasteiger charge is 2.30. The van der Waals surface area contributed by atoms with Crippen molar-refractivity contribution in [1.82, 2.24) is 15.1 Å². The summed E-state index contributed by atoms with van der Waals surface area (Å²) in [5.74, 6) is 0.0537. The lowest BCUT2D eigenvalue weighted by molar-refractivity contribution is -0.118. The SMILES string of the molecule is Cc1cccc(CNC(=O)n2nc(-c3cc(NC(=O)C(C)C)ccc3O)cc2C2CC2)c1. The number of carbonyl (C=O) groups is 2. The van der Waals surface area contributed by atoms with Crippen LogP contribution in [0.5, 0.6) is 5.75 Å². The van der Waals surface area contributed by atoms with Crippen molar-refractivity contribution in [3.8, 4) is 17.0 Å². The van der Waals surface area contributed by atoms with E-state index in [1.54, 1.807) is 12.1 Å². The van der Waals surface area contributed by atoms with Crippen molar-refractivity contribution in [2.24, 2.45) is 5.92 Å². The summed E-state index contributed by atoms with van der Waals surface area (Å²) < 4.78 is 1.40. The maximum absolute atomic E-state index is 12.9. The molecular formula is C25H28N4O3. The Hall–Kier alpha value is -3.61. The number of carbonyl (C=O) groups excluding carboxylic acids is 2. The lowest BCUT2D eigenvalue weighted by atomic mass is 10.1. The molecule has 2 amide bonds. The van der Waals surface area contributed by atoms with Gasteiger partial charge in [0.15, 0.2) is 0 Å². The third kappa shape index (κ3) is 4.82. The summed E-state index contributed by atoms with van der Waals surface area (Å²) in [5.41, 5.74) is 4.52. The van der Waals surface area contributed by atoms with Crippen LogP contribution in [0.15, 0.2) is 48.5 Å². The molecule has 0 radical (unpaired) electrons. The molecule has 3 aromatic rings. The van der Waals surface area contributed by atoms with E-state index in [4.69, 9.17) is 0 Å². The number of hydrogen-bond donors (Lipinski definition) is 3. The number of amides is 2. The van der Waals surface area contributed by atoms with Gasteiger partial charge in [0.2, 0.25) is 5.91 Å². The Morgan fingerprint density at radius 2 is 1.94 bits per heavy atom. The molecule has 166 valence electrons. The van der Waals surface area contributed by atoms with E-state index in [9.17, 15) is 14.7 Å². The fourth-order valence-corrected chi connectivity index (χ4v) is 3.54. The fourth-order valence-electron chi connectivity index (χ4n) is 3.54. The molecule has 7 nitrogen and oxygen atoms in total. The minimum Gasteiger partial charge on any atom is -0.507 e. The van der Waals surface area contributed by atoms with Gasteiger partial charge in [0.1, 0.15) is 5.75 Å². The first-order valence-electron chi connectivity index (χ1n) is 10.9. The van der Waals surface area contributed by atoms with E-state index in [1.165, 1.54) is 10.7 Å². The van der Waals surface area contributed by atoms with Crippen LogP contribution in [0.2, 0.25) is 0 Å². The van der Waals surface area contributed by atoms with E-state index in [-0.39, 0.29) is 29.5 Å². The van der Waals surface area contributed by atoms with E-state index in [2.05, 4.69) is 15.7 Å². The third-order valence-corrected chi connectivity index (χ3v) is 5.52. The molecule has 1 aliphatic carbocycles. The first-order valence-corrected chi connectivity index (χ1v) is 10.9. The molecule has 0 bridgehead atoms. The van der Waals surface area contributed by atoms with E-state index in [0.29, 0.717) is 23.5 Å². The summed E-state index contributed by atoms with van der Waals surface area (Å²) >= 11 is 0. The molecule has 1 aromatic heterocycles. The Morgan fingerprint density at radius 1 is 1.16 bits per heavy atom. The van der Waals surface area contributed by atoms with E-state index >= 15 is 0 Å². The van der Waals surface area contributed by atoms with Crippen molar-refractivity contribution in [3.63, 3.8) is 0 Å². The van der Waals surface area contributed by atoms with Crippen molar-refractivity contribution < 1.29 is 14.7 Å². The fraction of sp³-hybridized carbons (Fsp3) is 0.320. The van der Waals surface area contributed by atoms with Gasteiger partial charge in [-0.1, -0.05) is 43.7 Å². The molecule has 4 rings (SSSR count). The van der Waals surface area contributed by atoms with Crippen LogP contribution in [-0.4, -0.2) is 26.8 Å². The second kappa shape index (κ2) is 8.86. The van der Waals surface area contributed by atoms with Crippen LogP contribution in [0, 0.1) is 12.8 Å². The number of aryl methyl sites for hydroxylation is 1.